The van der Waals surface area contributed by atoms with E-state index in [1.54, 1.807) is 20.8 Å². The van der Waals surface area contributed by atoms with Crippen molar-refractivity contribution in [1.29, 1.82) is 0 Å². The first-order valence-corrected chi connectivity index (χ1v) is 5.75. The summed E-state index contributed by atoms with van der Waals surface area (Å²) in [5, 5.41) is 2.53. The number of carbonyl (C=O) groups is 3. The predicted octanol–water partition coefficient (Wildman–Crippen LogP) is 0.782. The monoisotopic (exact) mass is 273 g/mol. The standard InChI is InChI=1S/C12H19NO6/c1-8(2)13-12(16)19-9(3)7-18-11(15)6-5-10(14)17-4/h5-6,8-9H,7H2,1-4H3,(H,13,16)/b6-5+/t9-/m1/s1. The van der Waals surface area contributed by atoms with Crippen LogP contribution in [0.4, 0.5) is 4.79 Å². The van der Waals surface area contributed by atoms with Crippen LogP contribution in [0.5, 0.6) is 0 Å². The Hall–Kier alpha value is -2.05. The highest BCUT2D eigenvalue weighted by molar-refractivity contribution is 5.91. The van der Waals surface area contributed by atoms with E-state index in [1.165, 1.54) is 7.11 Å². The summed E-state index contributed by atoms with van der Waals surface area (Å²) < 4.78 is 14.0. The van der Waals surface area contributed by atoms with Gasteiger partial charge in [-0.25, -0.2) is 14.4 Å². The molecule has 0 fully saturated rings. The van der Waals surface area contributed by atoms with Gasteiger partial charge in [-0.1, -0.05) is 0 Å². The van der Waals surface area contributed by atoms with Crippen LogP contribution in [0.1, 0.15) is 20.8 Å². The van der Waals surface area contributed by atoms with Gasteiger partial charge in [0, 0.05) is 18.2 Å². The van der Waals surface area contributed by atoms with E-state index >= 15 is 0 Å². The van der Waals surface area contributed by atoms with Gasteiger partial charge in [-0.15, -0.1) is 0 Å². The van der Waals surface area contributed by atoms with Gasteiger partial charge in [0.2, 0.25) is 0 Å². The Kier molecular flexibility index (Phi) is 7.99. The quantitative estimate of drug-likeness (QED) is 0.437. The maximum absolute atomic E-state index is 11.2. The van der Waals surface area contributed by atoms with Crippen LogP contribution in [0.2, 0.25) is 0 Å². The van der Waals surface area contributed by atoms with E-state index in [0.29, 0.717) is 0 Å². The van der Waals surface area contributed by atoms with Crippen molar-refractivity contribution in [3.8, 4) is 0 Å². The van der Waals surface area contributed by atoms with E-state index in [0.717, 1.165) is 12.2 Å². The smallest absolute Gasteiger partial charge is 0.407 e. The van der Waals surface area contributed by atoms with Crippen LogP contribution >= 0.6 is 0 Å². The second-order valence-electron chi connectivity index (χ2n) is 4.00. The summed E-state index contributed by atoms with van der Waals surface area (Å²) in [6.45, 7) is 5.07. The van der Waals surface area contributed by atoms with E-state index in [1.807, 2.05) is 0 Å². The molecule has 7 nitrogen and oxygen atoms in total. The zero-order valence-electron chi connectivity index (χ0n) is 11.5. The molecule has 19 heavy (non-hydrogen) atoms. The maximum Gasteiger partial charge on any atom is 0.407 e. The number of rotatable bonds is 6. The van der Waals surface area contributed by atoms with Gasteiger partial charge in [0.1, 0.15) is 12.7 Å². The van der Waals surface area contributed by atoms with Gasteiger partial charge in [0.15, 0.2) is 0 Å². The van der Waals surface area contributed by atoms with Crippen molar-refractivity contribution in [2.45, 2.75) is 32.9 Å². The number of methoxy groups -OCH3 is 1. The molecule has 0 aliphatic heterocycles. The lowest BCUT2D eigenvalue weighted by molar-refractivity contribution is -0.141. The first-order chi connectivity index (χ1) is 8.85. The molecule has 0 saturated heterocycles. The van der Waals surface area contributed by atoms with E-state index in [9.17, 15) is 14.4 Å². The van der Waals surface area contributed by atoms with E-state index in [-0.39, 0.29) is 12.6 Å². The van der Waals surface area contributed by atoms with Crippen LogP contribution in [-0.4, -0.2) is 43.9 Å². The van der Waals surface area contributed by atoms with Gasteiger partial charge in [0.05, 0.1) is 7.11 Å². The van der Waals surface area contributed by atoms with Crippen LogP contribution in [0, 0.1) is 0 Å². The molecule has 108 valence electrons. The number of esters is 2. The highest BCUT2D eigenvalue weighted by atomic mass is 16.6. The van der Waals surface area contributed by atoms with E-state index in [2.05, 4.69) is 10.1 Å². The number of ether oxygens (including phenoxy) is 3. The van der Waals surface area contributed by atoms with Crippen molar-refractivity contribution in [2.24, 2.45) is 0 Å². The second kappa shape index (κ2) is 8.96. The Balaban J connectivity index is 3.93. The Morgan fingerprint density at radius 2 is 1.68 bits per heavy atom. The molecular weight excluding hydrogens is 254 g/mol. The van der Waals surface area contributed by atoms with Gasteiger partial charge < -0.3 is 19.5 Å². The first-order valence-electron chi connectivity index (χ1n) is 5.75. The number of carbonyl (C=O) groups excluding carboxylic acids is 3. The summed E-state index contributed by atoms with van der Waals surface area (Å²) in [5.41, 5.74) is 0. The minimum atomic E-state index is -0.717. The summed E-state index contributed by atoms with van der Waals surface area (Å²) in [7, 11) is 1.20. The van der Waals surface area contributed by atoms with Crippen LogP contribution in [-0.2, 0) is 23.8 Å². The number of hydrogen-bond acceptors (Lipinski definition) is 6. The Labute approximate surface area is 111 Å². The largest absolute Gasteiger partial charge is 0.466 e. The van der Waals surface area contributed by atoms with Gasteiger partial charge in [-0.2, -0.15) is 0 Å². The van der Waals surface area contributed by atoms with Gasteiger partial charge in [-0.3, -0.25) is 0 Å². The molecule has 0 spiro atoms. The molecule has 0 aromatic heterocycles. The SMILES string of the molecule is COC(=O)/C=C/C(=O)OC[C@@H](C)OC(=O)NC(C)C. The highest BCUT2D eigenvalue weighted by Gasteiger charge is 2.11. The third-order valence-corrected chi connectivity index (χ3v) is 1.73. The van der Waals surface area contributed by atoms with E-state index in [4.69, 9.17) is 9.47 Å². The van der Waals surface area contributed by atoms with Crippen molar-refractivity contribution in [1.82, 2.24) is 5.32 Å². The van der Waals surface area contributed by atoms with Gasteiger partial charge in [-0.05, 0) is 20.8 Å². The van der Waals surface area contributed by atoms with Gasteiger partial charge >= 0.3 is 18.0 Å². The zero-order chi connectivity index (χ0) is 14.8. The number of alkyl carbamates (subject to hydrolysis) is 1. The van der Waals surface area contributed by atoms with Crippen LogP contribution in [0.15, 0.2) is 12.2 Å². The fraction of sp³-hybridized carbons (Fsp3) is 0.583. The summed E-state index contributed by atoms with van der Waals surface area (Å²) >= 11 is 0. The predicted molar refractivity (Wildman–Crippen MR) is 66.3 cm³/mol. The molecule has 7 heteroatoms. The molecule has 0 radical (unpaired) electrons. The highest BCUT2D eigenvalue weighted by Crippen LogP contribution is 1.95. The lowest BCUT2D eigenvalue weighted by Crippen LogP contribution is -2.34. The number of amides is 1. The van der Waals surface area contributed by atoms with Crippen LogP contribution < -0.4 is 5.32 Å². The topological polar surface area (TPSA) is 90.9 Å². The second-order valence-corrected chi connectivity index (χ2v) is 4.00. The van der Waals surface area contributed by atoms with Crippen molar-refractivity contribution < 1.29 is 28.6 Å². The normalized spacial score (nSPS) is 12.1. The molecule has 0 aromatic rings. The molecule has 1 atom stereocenters. The molecule has 0 saturated carbocycles. The molecule has 0 aromatic carbocycles. The van der Waals surface area contributed by atoms with E-state index < -0.39 is 24.1 Å². The Morgan fingerprint density at radius 1 is 1.11 bits per heavy atom. The summed E-state index contributed by atoms with van der Waals surface area (Å²) in [6, 6.07) is -0.0368. The fourth-order valence-electron chi connectivity index (χ4n) is 0.938. The molecule has 0 bridgehead atoms. The lowest BCUT2D eigenvalue weighted by atomic mass is 10.4. The van der Waals surface area contributed by atoms with Crippen LogP contribution in [0.25, 0.3) is 0 Å². The molecular formula is C12H19NO6. The Bertz CT molecular complexity index is 350. The average molecular weight is 273 g/mol. The number of nitrogens with one attached hydrogen (secondary N) is 1. The third-order valence-electron chi connectivity index (χ3n) is 1.73. The molecule has 0 aliphatic carbocycles. The molecule has 0 unspecified atom stereocenters. The fourth-order valence-corrected chi connectivity index (χ4v) is 0.938. The Morgan fingerprint density at radius 3 is 2.21 bits per heavy atom. The van der Waals surface area contributed by atoms with Crippen molar-refractivity contribution in [3.05, 3.63) is 12.2 Å². The minimum absolute atomic E-state index is 0.0368. The summed E-state index contributed by atoms with van der Waals surface area (Å²) in [6.07, 6.45) is 0.712. The van der Waals surface area contributed by atoms with Crippen molar-refractivity contribution >= 4 is 18.0 Å². The average Bonchev–Trinajstić information content (AvgIpc) is 2.32. The van der Waals surface area contributed by atoms with Crippen molar-refractivity contribution in [2.75, 3.05) is 13.7 Å². The minimum Gasteiger partial charge on any atom is -0.466 e. The van der Waals surface area contributed by atoms with Crippen molar-refractivity contribution in [3.63, 3.8) is 0 Å². The van der Waals surface area contributed by atoms with Gasteiger partial charge in [0.25, 0.3) is 0 Å². The van der Waals surface area contributed by atoms with Crippen LogP contribution in [0.3, 0.4) is 0 Å². The molecule has 0 aliphatic rings. The molecule has 0 rings (SSSR count). The zero-order valence-corrected chi connectivity index (χ0v) is 11.5. The summed E-state index contributed by atoms with van der Waals surface area (Å²) in [5.74, 6) is -1.37. The lowest BCUT2D eigenvalue weighted by Gasteiger charge is -2.14. The third kappa shape index (κ3) is 9.63. The molecule has 1 N–H and O–H groups in total. The summed E-state index contributed by atoms with van der Waals surface area (Å²) in [4.78, 5) is 33.1. The molecule has 1 amide bonds. The number of hydrogen-bond donors (Lipinski definition) is 1. The maximum atomic E-state index is 11.2. The molecule has 0 heterocycles. The first kappa shape index (κ1) is 16.9.